The number of rotatable bonds is 5. The van der Waals surface area contributed by atoms with Gasteiger partial charge in [0.2, 0.25) is 0 Å². The molecule has 0 amide bonds. The van der Waals surface area contributed by atoms with Gasteiger partial charge < -0.3 is 5.11 Å². The van der Waals surface area contributed by atoms with E-state index in [1.54, 1.807) is 11.8 Å². The molecule has 1 N–H and O–H groups in total. The number of carbonyl (C=O) groups is 1. The van der Waals surface area contributed by atoms with E-state index in [1.807, 2.05) is 6.92 Å². The third-order valence-corrected chi connectivity index (χ3v) is 5.91. The Labute approximate surface area is 122 Å². The van der Waals surface area contributed by atoms with Gasteiger partial charge in [-0.05, 0) is 43.6 Å². The molecule has 0 spiro atoms. The van der Waals surface area contributed by atoms with Gasteiger partial charge in [0.15, 0.2) is 4.34 Å². The first-order valence-electron chi connectivity index (χ1n) is 6.80. The second-order valence-corrected chi connectivity index (χ2v) is 7.41. The molecule has 6 heteroatoms. The van der Waals surface area contributed by atoms with Crippen molar-refractivity contribution in [3.05, 3.63) is 5.82 Å². The van der Waals surface area contributed by atoms with Gasteiger partial charge in [0.05, 0.1) is 5.92 Å². The molecule has 1 aromatic rings. The Bertz CT molecular complexity index is 436. The van der Waals surface area contributed by atoms with Crippen molar-refractivity contribution in [2.75, 3.05) is 0 Å². The molecule has 106 valence electrons. The van der Waals surface area contributed by atoms with Crippen LogP contribution in [0.1, 0.15) is 44.9 Å². The monoisotopic (exact) mass is 300 g/mol. The van der Waals surface area contributed by atoms with Crippen LogP contribution in [0.15, 0.2) is 4.34 Å². The van der Waals surface area contributed by atoms with Gasteiger partial charge in [0, 0.05) is 5.25 Å². The summed E-state index contributed by atoms with van der Waals surface area (Å²) < 4.78 is 5.08. The number of aromatic nitrogens is 2. The average Bonchev–Trinajstić information content (AvgIpc) is 2.75. The van der Waals surface area contributed by atoms with Gasteiger partial charge in [0.1, 0.15) is 5.82 Å². The number of carboxylic acids is 1. The molecule has 1 saturated carbocycles. The van der Waals surface area contributed by atoms with Crippen molar-refractivity contribution in [3.63, 3.8) is 0 Å². The lowest BCUT2D eigenvalue weighted by atomic mass is 9.80. The van der Waals surface area contributed by atoms with Crippen LogP contribution in [0.4, 0.5) is 0 Å². The number of carboxylic acid groups (broad SMARTS) is 1. The van der Waals surface area contributed by atoms with Gasteiger partial charge in [-0.15, -0.1) is 0 Å². The van der Waals surface area contributed by atoms with E-state index in [4.69, 9.17) is 0 Å². The molecule has 1 aromatic heterocycles. The number of aliphatic carboxylic acids is 1. The minimum absolute atomic E-state index is 0.148. The second-order valence-electron chi connectivity index (χ2n) is 5.18. The van der Waals surface area contributed by atoms with Gasteiger partial charge in [-0.25, -0.2) is 4.98 Å². The summed E-state index contributed by atoms with van der Waals surface area (Å²) in [6.07, 6.45) is 5.23. The topological polar surface area (TPSA) is 63.1 Å². The normalized spacial score (nSPS) is 27.4. The third-order valence-electron chi connectivity index (χ3n) is 3.68. The highest BCUT2D eigenvalue weighted by Gasteiger charge is 2.35. The van der Waals surface area contributed by atoms with Crippen LogP contribution < -0.4 is 0 Å². The highest BCUT2D eigenvalue weighted by molar-refractivity contribution is 8.01. The molecule has 4 nitrogen and oxygen atoms in total. The van der Waals surface area contributed by atoms with E-state index in [1.165, 1.54) is 24.4 Å². The highest BCUT2D eigenvalue weighted by atomic mass is 32.2. The minimum atomic E-state index is -0.659. The fraction of sp³-hybridized carbons (Fsp3) is 0.769. The molecule has 0 aliphatic heterocycles. The fourth-order valence-corrected chi connectivity index (χ4v) is 5.06. The van der Waals surface area contributed by atoms with E-state index in [0.29, 0.717) is 5.92 Å². The molecule has 19 heavy (non-hydrogen) atoms. The largest absolute Gasteiger partial charge is 0.481 e. The van der Waals surface area contributed by atoms with Crippen LogP contribution in [0.5, 0.6) is 0 Å². The lowest BCUT2D eigenvalue weighted by molar-refractivity contribution is -0.142. The summed E-state index contributed by atoms with van der Waals surface area (Å²) in [4.78, 5) is 15.7. The van der Waals surface area contributed by atoms with Crippen molar-refractivity contribution in [3.8, 4) is 0 Å². The number of hydrogen-bond acceptors (Lipinski definition) is 5. The molecule has 1 fully saturated rings. The lowest BCUT2D eigenvalue weighted by Crippen LogP contribution is -2.32. The van der Waals surface area contributed by atoms with Crippen LogP contribution in [0.25, 0.3) is 0 Å². The van der Waals surface area contributed by atoms with Gasteiger partial charge in [-0.1, -0.05) is 31.5 Å². The summed E-state index contributed by atoms with van der Waals surface area (Å²) in [6.45, 7) is 4.07. The highest BCUT2D eigenvalue weighted by Crippen LogP contribution is 2.41. The van der Waals surface area contributed by atoms with E-state index in [2.05, 4.69) is 16.3 Å². The average molecular weight is 300 g/mol. The Kier molecular flexibility index (Phi) is 5.21. The van der Waals surface area contributed by atoms with Crippen molar-refractivity contribution in [1.82, 2.24) is 9.36 Å². The molecule has 3 atom stereocenters. The predicted molar refractivity (Wildman–Crippen MR) is 77.7 cm³/mol. The molecule has 0 radical (unpaired) electrons. The predicted octanol–water partition coefficient (Wildman–Crippen LogP) is 3.61. The van der Waals surface area contributed by atoms with E-state index in [-0.39, 0.29) is 11.2 Å². The van der Waals surface area contributed by atoms with Crippen LogP contribution in [0, 0.1) is 18.8 Å². The standard InChI is InChI=1S/C13H20N2O2S2/c1-3-4-9-5-6-10(12(16)17)11(7-9)18-13-14-8(2)15-19-13/h9-11H,3-7H2,1-2H3,(H,16,17). The maximum Gasteiger partial charge on any atom is 0.307 e. The van der Waals surface area contributed by atoms with E-state index in [9.17, 15) is 9.90 Å². The van der Waals surface area contributed by atoms with Crippen molar-refractivity contribution >= 4 is 29.3 Å². The minimum Gasteiger partial charge on any atom is -0.481 e. The maximum atomic E-state index is 11.4. The summed E-state index contributed by atoms with van der Waals surface area (Å²) >= 11 is 3.00. The Morgan fingerprint density at radius 1 is 1.53 bits per heavy atom. The van der Waals surface area contributed by atoms with Gasteiger partial charge in [0.25, 0.3) is 0 Å². The summed E-state index contributed by atoms with van der Waals surface area (Å²) in [7, 11) is 0. The molecule has 0 bridgehead atoms. The molecular formula is C13H20N2O2S2. The Morgan fingerprint density at radius 3 is 2.89 bits per heavy atom. The maximum absolute atomic E-state index is 11.4. The van der Waals surface area contributed by atoms with E-state index >= 15 is 0 Å². The molecule has 0 aromatic carbocycles. The number of nitrogens with zero attached hydrogens (tertiary/aromatic N) is 2. The zero-order valence-electron chi connectivity index (χ0n) is 11.3. The number of aryl methyl sites for hydroxylation is 1. The van der Waals surface area contributed by atoms with Crippen LogP contribution in [0.2, 0.25) is 0 Å². The Morgan fingerprint density at radius 2 is 2.32 bits per heavy atom. The molecule has 1 heterocycles. The zero-order valence-corrected chi connectivity index (χ0v) is 13.0. The fourth-order valence-electron chi connectivity index (χ4n) is 2.75. The van der Waals surface area contributed by atoms with E-state index in [0.717, 1.165) is 29.4 Å². The molecular weight excluding hydrogens is 280 g/mol. The summed E-state index contributed by atoms with van der Waals surface area (Å²) in [5.74, 6) is 0.559. The van der Waals surface area contributed by atoms with Crippen LogP contribution in [-0.2, 0) is 4.79 Å². The van der Waals surface area contributed by atoms with Gasteiger partial charge in [-0.3, -0.25) is 4.79 Å². The zero-order chi connectivity index (χ0) is 13.8. The van der Waals surface area contributed by atoms with Gasteiger partial charge >= 0.3 is 5.97 Å². The summed E-state index contributed by atoms with van der Waals surface area (Å²) in [5.41, 5.74) is 0. The van der Waals surface area contributed by atoms with Crippen molar-refractivity contribution < 1.29 is 9.90 Å². The first-order valence-corrected chi connectivity index (χ1v) is 8.45. The SMILES string of the molecule is CCCC1CCC(C(=O)O)C(Sc2nc(C)ns2)C1. The smallest absolute Gasteiger partial charge is 0.307 e. The van der Waals surface area contributed by atoms with Crippen LogP contribution in [-0.4, -0.2) is 25.7 Å². The van der Waals surface area contributed by atoms with Crippen molar-refractivity contribution in [1.29, 1.82) is 0 Å². The Hall–Kier alpha value is -0.620. The summed E-state index contributed by atoms with van der Waals surface area (Å²) in [5, 5.41) is 9.51. The van der Waals surface area contributed by atoms with E-state index < -0.39 is 5.97 Å². The van der Waals surface area contributed by atoms with Crippen molar-refractivity contribution in [2.45, 2.75) is 55.5 Å². The van der Waals surface area contributed by atoms with Crippen molar-refractivity contribution in [2.24, 2.45) is 11.8 Å². The molecule has 1 aliphatic carbocycles. The molecule has 0 saturated heterocycles. The quantitative estimate of drug-likeness (QED) is 0.900. The Balaban J connectivity index is 2.04. The van der Waals surface area contributed by atoms with Crippen LogP contribution >= 0.6 is 23.3 Å². The first kappa shape index (κ1) is 14.8. The first-order chi connectivity index (χ1) is 9.10. The third kappa shape index (κ3) is 3.92. The number of thioether (sulfide) groups is 1. The summed E-state index contributed by atoms with van der Waals surface area (Å²) in [6, 6.07) is 0. The lowest BCUT2D eigenvalue weighted by Gasteiger charge is -2.32. The molecule has 3 unspecified atom stereocenters. The van der Waals surface area contributed by atoms with Crippen LogP contribution in [0.3, 0.4) is 0 Å². The number of hydrogen-bond donors (Lipinski definition) is 1. The second kappa shape index (κ2) is 6.70. The van der Waals surface area contributed by atoms with Gasteiger partial charge in [-0.2, -0.15) is 4.37 Å². The molecule has 1 aliphatic rings. The molecule has 2 rings (SSSR count).